The number of rotatable bonds is 4. The molecular formula is C24H34O6. The third-order valence-corrected chi connectivity index (χ3v) is 8.77. The van der Waals surface area contributed by atoms with Gasteiger partial charge in [-0.3, -0.25) is 9.59 Å². The predicted octanol–water partition coefficient (Wildman–Crippen LogP) is 4.76. The second-order valence-electron chi connectivity index (χ2n) is 10.4. The SMILES string of the molecule is CC(C)OC(=O)OC[C@]12CC[C@H]3[C@@H](CCC4=CC(=O)CC[C@@]43C)[C@@H]1CC[C@@H]2C(=O)O. The number of carbonyl (C=O) groups excluding carboxylic acids is 2. The van der Waals surface area contributed by atoms with Crippen LogP contribution in [0.25, 0.3) is 0 Å². The van der Waals surface area contributed by atoms with Gasteiger partial charge in [0.15, 0.2) is 5.78 Å². The molecule has 6 atom stereocenters. The first-order valence-corrected chi connectivity index (χ1v) is 11.5. The molecule has 0 amide bonds. The van der Waals surface area contributed by atoms with Crippen molar-refractivity contribution in [2.24, 2.45) is 34.5 Å². The number of carbonyl (C=O) groups is 3. The molecule has 0 bridgehead atoms. The molecule has 0 aromatic carbocycles. The van der Waals surface area contributed by atoms with E-state index in [0.29, 0.717) is 24.7 Å². The third kappa shape index (κ3) is 3.36. The van der Waals surface area contributed by atoms with Crippen molar-refractivity contribution in [3.05, 3.63) is 11.6 Å². The first-order chi connectivity index (χ1) is 14.2. The van der Waals surface area contributed by atoms with Crippen LogP contribution in [0.3, 0.4) is 0 Å². The van der Waals surface area contributed by atoms with E-state index in [1.165, 1.54) is 5.57 Å². The van der Waals surface area contributed by atoms with Gasteiger partial charge >= 0.3 is 12.1 Å². The van der Waals surface area contributed by atoms with Crippen molar-refractivity contribution in [2.75, 3.05) is 6.61 Å². The lowest BCUT2D eigenvalue weighted by atomic mass is 9.46. The van der Waals surface area contributed by atoms with Gasteiger partial charge in [0.2, 0.25) is 0 Å². The van der Waals surface area contributed by atoms with E-state index < -0.39 is 23.5 Å². The van der Waals surface area contributed by atoms with Crippen molar-refractivity contribution in [1.29, 1.82) is 0 Å². The second-order valence-corrected chi connectivity index (χ2v) is 10.4. The number of hydrogen-bond donors (Lipinski definition) is 1. The highest BCUT2D eigenvalue weighted by atomic mass is 16.7. The van der Waals surface area contributed by atoms with Gasteiger partial charge in [-0.25, -0.2) is 4.79 Å². The highest BCUT2D eigenvalue weighted by Crippen LogP contribution is 2.66. The summed E-state index contributed by atoms with van der Waals surface area (Å²) in [7, 11) is 0. The lowest BCUT2D eigenvalue weighted by molar-refractivity contribution is -0.154. The van der Waals surface area contributed by atoms with Crippen LogP contribution in [0.4, 0.5) is 4.79 Å². The fourth-order valence-electron chi connectivity index (χ4n) is 7.44. The normalized spacial score (nSPS) is 40.1. The molecule has 0 aromatic rings. The van der Waals surface area contributed by atoms with E-state index in [-0.39, 0.29) is 29.8 Å². The molecule has 4 aliphatic rings. The standard InChI is InChI=1S/C24H34O6/c1-14(2)30-22(28)29-13-24-11-9-18-17(19(24)6-7-20(24)21(26)27)5-4-15-12-16(25)8-10-23(15,18)3/h12,14,17-20H,4-11,13H2,1-3H3,(H,26,27)/t17-,18+,19+,20-,23+,24-/m1/s1. The van der Waals surface area contributed by atoms with Crippen LogP contribution in [-0.4, -0.2) is 35.7 Å². The summed E-state index contributed by atoms with van der Waals surface area (Å²) < 4.78 is 10.7. The number of ether oxygens (including phenoxy) is 2. The number of ketones is 1. The van der Waals surface area contributed by atoms with Crippen molar-refractivity contribution >= 4 is 17.9 Å². The molecule has 0 aromatic heterocycles. The topological polar surface area (TPSA) is 89.9 Å². The third-order valence-electron chi connectivity index (χ3n) is 8.77. The second kappa shape index (κ2) is 7.69. The minimum Gasteiger partial charge on any atom is -0.481 e. The maximum Gasteiger partial charge on any atom is 0.508 e. The summed E-state index contributed by atoms with van der Waals surface area (Å²) in [5, 5.41) is 9.97. The molecule has 1 N–H and O–H groups in total. The zero-order valence-corrected chi connectivity index (χ0v) is 18.3. The Morgan fingerprint density at radius 3 is 2.60 bits per heavy atom. The molecule has 6 nitrogen and oxygen atoms in total. The monoisotopic (exact) mass is 418 g/mol. The first-order valence-electron chi connectivity index (χ1n) is 11.5. The van der Waals surface area contributed by atoms with Gasteiger partial charge in [-0.2, -0.15) is 0 Å². The highest BCUT2D eigenvalue weighted by molar-refractivity contribution is 5.91. The number of hydrogen-bond acceptors (Lipinski definition) is 5. The van der Waals surface area contributed by atoms with Gasteiger partial charge in [0.05, 0.1) is 12.0 Å². The Bertz CT molecular complexity index is 770. The zero-order chi connectivity index (χ0) is 21.7. The van der Waals surface area contributed by atoms with E-state index >= 15 is 0 Å². The van der Waals surface area contributed by atoms with Gasteiger partial charge in [0.1, 0.15) is 6.61 Å². The van der Waals surface area contributed by atoms with E-state index in [9.17, 15) is 19.5 Å². The number of carboxylic acid groups (broad SMARTS) is 1. The fourth-order valence-corrected chi connectivity index (χ4v) is 7.44. The van der Waals surface area contributed by atoms with Gasteiger partial charge in [0, 0.05) is 11.8 Å². The Hall–Kier alpha value is -1.85. The van der Waals surface area contributed by atoms with Gasteiger partial charge in [-0.1, -0.05) is 12.5 Å². The maximum absolute atomic E-state index is 12.2. The van der Waals surface area contributed by atoms with E-state index in [1.54, 1.807) is 13.8 Å². The molecule has 30 heavy (non-hydrogen) atoms. The van der Waals surface area contributed by atoms with Crippen LogP contribution in [0.1, 0.15) is 72.1 Å². The largest absolute Gasteiger partial charge is 0.508 e. The quantitative estimate of drug-likeness (QED) is 0.662. The Morgan fingerprint density at radius 1 is 1.13 bits per heavy atom. The fraction of sp³-hybridized carbons (Fsp3) is 0.792. The summed E-state index contributed by atoms with van der Waals surface area (Å²) in [5.74, 6) is 0.118. The molecule has 0 aliphatic heterocycles. The minimum atomic E-state index is -0.775. The van der Waals surface area contributed by atoms with Crippen molar-refractivity contribution in [2.45, 2.75) is 78.2 Å². The summed E-state index contributed by atoms with van der Waals surface area (Å²) in [4.78, 5) is 36.2. The average Bonchev–Trinajstić information content (AvgIpc) is 3.06. The van der Waals surface area contributed by atoms with Crippen molar-refractivity contribution in [3.8, 4) is 0 Å². The van der Waals surface area contributed by atoms with Crippen LogP contribution in [0.2, 0.25) is 0 Å². The molecule has 6 heteroatoms. The molecule has 0 radical (unpaired) electrons. The van der Waals surface area contributed by atoms with Crippen molar-refractivity contribution in [3.63, 3.8) is 0 Å². The summed E-state index contributed by atoms with van der Waals surface area (Å²) in [6.07, 6.45) is 7.54. The number of aliphatic carboxylic acids is 1. The predicted molar refractivity (Wildman–Crippen MR) is 110 cm³/mol. The smallest absolute Gasteiger partial charge is 0.481 e. The Morgan fingerprint density at radius 2 is 1.90 bits per heavy atom. The molecule has 0 spiro atoms. The summed E-state index contributed by atoms with van der Waals surface area (Å²) in [6.45, 7) is 5.98. The van der Waals surface area contributed by atoms with Crippen molar-refractivity contribution < 1.29 is 29.0 Å². The molecule has 4 aliphatic carbocycles. The number of allylic oxidation sites excluding steroid dienone is 1. The molecule has 3 saturated carbocycles. The Labute approximate surface area is 178 Å². The maximum atomic E-state index is 12.2. The van der Waals surface area contributed by atoms with Gasteiger partial charge < -0.3 is 14.6 Å². The lowest BCUT2D eigenvalue weighted by Crippen LogP contribution is -2.53. The molecule has 0 saturated heterocycles. The van der Waals surface area contributed by atoms with Crippen LogP contribution in [-0.2, 0) is 19.1 Å². The first kappa shape index (κ1) is 21.4. The summed E-state index contributed by atoms with van der Waals surface area (Å²) in [5.41, 5.74) is 0.837. The molecule has 4 rings (SSSR count). The average molecular weight is 419 g/mol. The number of carboxylic acids is 1. The van der Waals surface area contributed by atoms with E-state index in [2.05, 4.69) is 6.92 Å². The molecule has 166 valence electrons. The zero-order valence-electron chi connectivity index (χ0n) is 18.3. The van der Waals surface area contributed by atoms with Crippen LogP contribution in [0.5, 0.6) is 0 Å². The Balaban J connectivity index is 1.60. The van der Waals surface area contributed by atoms with Crippen LogP contribution in [0.15, 0.2) is 11.6 Å². The van der Waals surface area contributed by atoms with E-state index in [4.69, 9.17) is 9.47 Å². The van der Waals surface area contributed by atoms with E-state index in [1.807, 2.05) is 6.08 Å². The van der Waals surface area contributed by atoms with Crippen molar-refractivity contribution in [1.82, 2.24) is 0 Å². The molecule has 3 fully saturated rings. The summed E-state index contributed by atoms with van der Waals surface area (Å²) in [6, 6.07) is 0. The number of fused-ring (bicyclic) bond motifs is 5. The van der Waals surface area contributed by atoms with Crippen LogP contribution < -0.4 is 0 Å². The van der Waals surface area contributed by atoms with Gasteiger partial charge in [-0.15, -0.1) is 0 Å². The highest BCUT2D eigenvalue weighted by Gasteiger charge is 2.62. The lowest BCUT2D eigenvalue weighted by Gasteiger charge is -2.58. The molecule has 0 heterocycles. The van der Waals surface area contributed by atoms with Gasteiger partial charge in [0.25, 0.3) is 0 Å². The van der Waals surface area contributed by atoms with Gasteiger partial charge in [-0.05, 0) is 88.0 Å². The Kier molecular flexibility index (Phi) is 5.48. The minimum absolute atomic E-state index is 0.0434. The molecular weight excluding hydrogens is 384 g/mol. The van der Waals surface area contributed by atoms with Crippen LogP contribution in [0, 0.1) is 34.5 Å². The summed E-state index contributed by atoms with van der Waals surface area (Å²) >= 11 is 0. The molecule has 0 unspecified atom stereocenters. The van der Waals surface area contributed by atoms with Crippen LogP contribution >= 0.6 is 0 Å². The van der Waals surface area contributed by atoms with E-state index in [0.717, 1.165) is 38.5 Å².